The van der Waals surface area contributed by atoms with Crippen molar-refractivity contribution in [2.24, 2.45) is 16.8 Å². The van der Waals surface area contributed by atoms with Crippen LogP contribution in [0.25, 0.3) is 0 Å². The van der Waals surface area contributed by atoms with E-state index in [1.165, 1.54) is 5.56 Å². The molecule has 3 N–H and O–H groups in total. The van der Waals surface area contributed by atoms with Crippen molar-refractivity contribution in [3.63, 3.8) is 0 Å². The molecule has 15 heavy (non-hydrogen) atoms. The maximum atomic E-state index is 5.46. The fourth-order valence-electron chi connectivity index (χ4n) is 2.01. The van der Waals surface area contributed by atoms with Crippen LogP contribution < -0.4 is 11.3 Å². The predicted octanol–water partition coefficient (Wildman–Crippen LogP) is 1.67. The van der Waals surface area contributed by atoms with Crippen molar-refractivity contribution < 1.29 is 0 Å². The molecule has 1 fully saturated rings. The van der Waals surface area contributed by atoms with Gasteiger partial charge in [-0.25, -0.2) is 5.84 Å². The zero-order valence-electron chi connectivity index (χ0n) is 8.98. The molecule has 1 saturated carbocycles. The molecular weight excluding hydrogens is 186 g/mol. The number of nitrogens with two attached hydrogens (primary N) is 1. The van der Waals surface area contributed by atoms with Gasteiger partial charge in [-0.3, -0.25) is 4.99 Å². The lowest BCUT2D eigenvalue weighted by molar-refractivity contribution is 0.902. The Balaban J connectivity index is 2.04. The molecule has 0 aromatic heterocycles. The van der Waals surface area contributed by atoms with E-state index in [0.29, 0.717) is 11.8 Å². The highest BCUT2D eigenvalue weighted by Crippen LogP contribution is 2.47. The molecule has 1 aliphatic rings. The summed E-state index contributed by atoms with van der Waals surface area (Å²) in [4.78, 5) is 4.36. The molecule has 0 amide bonds. The second kappa shape index (κ2) is 4.45. The first-order valence-corrected chi connectivity index (χ1v) is 5.42. The number of nitrogens with zero attached hydrogens (tertiary/aromatic N) is 1. The molecule has 0 aliphatic heterocycles. The smallest absolute Gasteiger partial charge is 0.114 e. The van der Waals surface area contributed by atoms with Crippen LogP contribution in [0.4, 0.5) is 0 Å². The number of aliphatic imine (C=N–C) groups is 1. The average Bonchev–Trinajstić information content (AvgIpc) is 3.07. The van der Waals surface area contributed by atoms with Gasteiger partial charge >= 0.3 is 0 Å². The number of nitrogens with one attached hydrogen (secondary N) is 1. The minimum Gasteiger partial charge on any atom is -0.312 e. The van der Waals surface area contributed by atoms with Crippen molar-refractivity contribution >= 4 is 5.84 Å². The highest BCUT2D eigenvalue weighted by Gasteiger charge is 2.41. The van der Waals surface area contributed by atoms with Crippen molar-refractivity contribution in [2.45, 2.75) is 19.3 Å². The third-order valence-corrected chi connectivity index (χ3v) is 2.85. The first-order valence-electron chi connectivity index (χ1n) is 5.42. The summed E-state index contributed by atoms with van der Waals surface area (Å²) in [5.74, 6) is 7.51. The predicted molar refractivity (Wildman–Crippen MR) is 62.6 cm³/mol. The Morgan fingerprint density at radius 2 is 2.20 bits per heavy atom. The summed E-state index contributed by atoms with van der Waals surface area (Å²) >= 11 is 0. The molecule has 0 bridgehead atoms. The molecule has 0 saturated heterocycles. The molecule has 1 aromatic rings. The molecule has 0 radical (unpaired) electrons. The number of amidine groups is 1. The summed E-state index contributed by atoms with van der Waals surface area (Å²) in [6.45, 7) is 2.81. The molecule has 2 atom stereocenters. The van der Waals surface area contributed by atoms with Gasteiger partial charge in [-0.1, -0.05) is 30.3 Å². The van der Waals surface area contributed by atoms with E-state index in [4.69, 9.17) is 5.84 Å². The molecule has 0 heterocycles. The number of rotatable bonds is 3. The summed E-state index contributed by atoms with van der Waals surface area (Å²) < 4.78 is 0. The van der Waals surface area contributed by atoms with Crippen molar-refractivity contribution in [1.29, 1.82) is 0 Å². The lowest BCUT2D eigenvalue weighted by Gasteiger charge is -2.04. The topological polar surface area (TPSA) is 50.4 Å². The maximum absolute atomic E-state index is 5.46. The van der Waals surface area contributed by atoms with E-state index in [0.717, 1.165) is 18.8 Å². The van der Waals surface area contributed by atoms with E-state index in [1.54, 1.807) is 0 Å². The molecule has 2 unspecified atom stereocenters. The van der Waals surface area contributed by atoms with Gasteiger partial charge in [-0.15, -0.1) is 0 Å². The monoisotopic (exact) mass is 203 g/mol. The Bertz CT molecular complexity index is 345. The van der Waals surface area contributed by atoms with Gasteiger partial charge in [-0.05, 0) is 24.8 Å². The first kappa shape index (κ1) is 10.2. The third kappa shape index (κ3) is 2.18. The highest BCUT2D eigenvalue weighted by molar-refractivity contribution is 5.87. The molecule has 1 aromatic carbocycles. The van der Waals surface area contributed by atoms with Crippen LogP contribution in [0.1, 0.15) is 24.8 Å². The van der Waals surface area contributed by atoms with E-state index in [1.807, 2.05) is 13.0 Å². The van der Waals surface area contributed by atoms with Crippen LogP contribution in [0.3, 0.4) is 0 Å². The van der Waals surface area contributed by atoms with Gasteiger partial charge in [0.15, 0.2) is 0 Å². The Kier molecular flexibility index (Phi) is 3.02. The molecule has 0 spiro atoms. The van der Waals surface area contributed by atoms with Crippen LogP contribution in [0, 0.1) is 5.92 Å². The third-order valence-electron chi connectivity index (χ3n) is 2.85. The molecule has 3 nitrogen and oxygen atoms in total. The summed E-state index contributed by atoms with van der Waals surface area (Å²) in [5.41, 5.74) is 4.10. The Morgan fingerprint density at radius 3 is 2.80 bits per heavy atom. The SMILES string of the molecule is CCN=C(NN)C1CC1c1ccccc1. The summed E-state index contributed by atoms with van der Waals surface area (Å²) in [5, 5.41) is 0. The lowest BCUT2D eigenvalue weighted by Crippen LogP contribution is -2.32. The molecule has 2 rings (SSSR count). The van der Waals surface area contributed by atoms with E-state index in [-0.39, 0.29) is 0 Å². The zero-order valence-corrected chi connectivity index (χ0v) is 8.98. The second-order valence-corrected chi connectivity index (χ2v) is 3.86. The fourth-order valence-corrected chi connectivity index (χ4v) is 2.01. The van der Waals surface area contributed by atoms with Gasteiger partial charge in [0, 0.05) is 12.5 Å². The lowest BCUT2D eigenvalue weighted by atomic mass is 10.1. The zero-order chi connectivity index (χ0) is 10.7. The van der Waals surface area contributed by atoms with Crippen LogP contribution in [-0.2, 0) is 0 Å². The standard InChI is InChI=1S/C12H17N3/c1-2-14-12(15-13)11-8-10(11)9-6-4-3-5-7-9/h3-7,10-11H,2,8,13H2,1H3,(H,14,15). The minimum absolute atomic E-state index is 0.498. The van der Waals surface area contributed by atoms with Gasteiger partial charge in [0.2, 0.25) is 0 Å². The number of hydrogen-bond donors (Lipinski definition) is 2. The fraction of sp³-hybridized carbons (Fsp3) is 0.417. The van der Waals surface area contributed by atoms with E-state index in [9.17, 15) is 0 Å². The van der Waals surface area contributed by atoms with Crippen molar-refractivity contribution in [3.05, 3.63) is 35.9 Å². The maximum Gasteiger partial charge on any atom is 0.114 e. The Hall–Kier alpha value is -1.35. The summed E-state index contributed by atoms with van der Waals surface area (Å²) in [7, 11) is 0. The first-order chi connectivity index (χ1) is 7.36. The van der Waals surface area contributed by atoms with Crippen molar-refractivity contribution in [2.75, 3.05) is 6.54 Å². The Labute approximate surface area is 90.4 Å². The van der Waals surface area contributed by atoms with Crippen LogP contribution >= 0.6 is 0 Å². The summed E-state index contributed by atoms with van der Waals surface area (Å²) in [6, 6.07) is 10.5. The Morgan fingerprint density at radius 1 is 1.47 bits per heavy atom. The average molecular weight is 203 g/mol. The van der Waals surface area contributed by atoms with Crippen molar-refractivity contribution in [1.82, 2.24) is 5.43 Å². The van der Waals surface area contributed by atoms with Gasteiger partial charge in [0.1, 0.15) is 5.84 Å². The van der Waals surface area contributed by atoms with E-state index < -0.39 is 0 Å². The normalized spacial score (nSPS) is 25.1. The molecule has 1 aliphatic carbocycles. The number of benzene rings is 1. The van der Waals surface area contributed by atoms with Crippen LogP contribution in [-0.4, -0.2) is 12.4 Å². The van der Waals surface area contributed by atoms with Gasteiger partial charge in [0.25, 0.3) is 0 Å². The molecular formula is C12H17N3. The van der Waals surface area contributed by atoms with Gasteiger partial charge < -0.3 is 5.43 Å². The number of hydrazine groups is 1. The van der Waals surface area contributed by atoms with Gasteiger partial charge in [0.05, 0.1) is 0 Å². The van der Waals surface area contributed by atoms with E-state index in [2.05, 4.69) is 34.7 Å². The number of hydrogen-bond acceptors (Lipinski definition) is 2. The van der Waals surface area contributed by atoms with Crippen LogP contribution in [0.2, 0.25) is 0 Å². The quantitative estimate of drug-likeness (QED) is 0.340. The minimum atomic E-state index is 0.498. The summed E-state index contributed by atoms with van der Waals surface area (Å²) in [6.07, 6.45) is 1.16. The molecule has 80 valence electrons. The highest BCUT2D eigenvalue weighted by atomic mass is 15.3. The largest absolute Gasteiger partial charge is 0.312 e. The second-order valence-electron chi connectivity index (χ2n) is 3.86. The van der Waals surface area contributed by atoms with Gasteiger partial charge in [-0.2, -0.15) is 0 Å². The van der Waals surface area contributed by atoms with E-state index >= 15 is 0 Å². The molecule has 3 heteroatoms. The van der Waals surface area contributed by atoms with Crippen LogP contribution in [0.5, 0.6) is 0 Å². The van der Waals surface area contributed by atoms with Crippen molar-refractivity contribution in [3.8, 4) is 0 Å². The van der Waals surface area contributed by atoms with Crippen LogP contribution in [0.15, 0.2) is 35.3 Å².